The third kappa shape index (κ3) is 2.39. The summed E-state index contributed by atoms with van der Waals surface area (Å²) in [6.45, 7) is 6.16. The van der Waals surface area contributed by atoms with Crippen LogP contribution in [0.5, 0.6) is 0 Å². The molecule has 0 heterocycles. The average molecular weight is 193 g/mol. The summed E-state index contributed by atoms with van der Waals surface area (Å²) in [4.78, 5) is 0. The Balaban J connectivity index is 3.03. The lowest BCUT2D eigenvalue weighted by Crippen LogP contribution is -2.37. The van der Waals surface area contributed by atoms with E-state index in [9.17, 15) is 0 Å². The first-order valence-electron chi connectivity index (χ1n) is 4.89. The molecule has 0 aliphatic heterocycles. The topological polar surface area (TPSA) is 55.3 Å². The Morgan fingerprint density at radius 3 is 2.64 bits per heavy atom. The first-order chi connectivity index (χ1) is 6.52. The summed E-state index contributed by atoms with van der Waals surface area (Å²) in [7, 11) is 0. The second-order valence-electron chi connectivity index (χ2n) is 3.94. The fourth-order valence-corrected chi connectivity index (χ4v) is 1.33. The third-order valence-electron chi connectivity index (χ3n) is 2.25. The molecule has 0 fully saturated rings. The molecule has 1 aliphatic carbocycles. The number of hydrazine groups is 1. The predicted octanol–water partition coefficient (Wildman–Crippen LogP) is 1.65. The highest BCUT2D eigenvalue weighted by molar-refractivity contribution is 5.35. The van der Waals surface area contributed by atoms with Crippen LogP contribution < -0.4 is 11.6 Å². The molecule has 0 aromatic carbocycles. The first-order valence-corrected chi connectivity index (χ1v) is 4.89. The summed E-state index contributed by atoms with van der Waals surface area (Å²) >= 11 is 0. The van der Waals surface area contributed by atoms with Crippen LogP contribution in [0.1, 0.15) is 27.2 Å². The Kier molecular flexibility index (Phi) is 3.36. The highest BCUT2D eigenvalue weighted by atomic mass is 15.4. The lowest BCUT2D eigenvalue weighted by molar-refractivity contribution is 0.300. The molecule has 0 amide bonds. The van der Waals surface area contributed by atoms with Gasteiger partial charge in [0.1, 0.15) is 0 Å². The highest BCUT2D eigenvalue weighted by Gasteiger charge is 2.11. The molecule has 0 saturated carbocycles. The number of nitrogens with zero attached hydrogens (tertiary/aromatic N) is 1. The van der Waals surface area contributed by atoms with E-state index in [1.165, 1.54) is 5.57 Å². The molecule has 4 N–H and O–H groups in total. The van der Waals surface area contributed by atoms with Gasteiger partial charge in [0.2, 0.25) is 0 Å². The largest absolute Gasteiger partial charge is 0.397 e. The fraction of sp³-hybridized carbons (Fsp3) is 0.455. The molecule has 0 bridgehead atoms. The minimum absolute atomic E-state index is 0.249. The van der Waals surface area contributed by atoms with E-state index >= 15 is 0 Å². The van der Waals surface area contributed by atoms with Crippen LogP contribution in [0.2, 0.25) is 0 Å². The standard InChI is InChI=1S/C11H19N3/c1-8(2)14(13)11-7-9(3)5-4-6-10(11)12/h4,6-8H,5,12-13H2,1-3H3. The normalized spacial score (nSPS) is 17.1. The second-order valence-corrected chi connectivity index (χ2v) is 3.94. The van der Waals surface area contributed by atoms with Gasteiger partial charge in [0.15, 0.2) is 0 Å². The Labute approximate surface area is 85.7 Å². The van der Waals surface area contributed by atoms with Gasteiger partial charge in [0.25, 0.3) is 0 Å². The van der Waals surface area contributed by atoms with Gasteiger partial charge >= 0.3 is 0 Å². The third-order valence-corrected chi connectivity index (χ3v) is 2.25. The van der Waals surface area contributed by atoms with E-state index in [1.54, 1.807) is 5.01 Å². The van der Waals surface area contributed by atoms with Crippen molar-refractivity contribution in [2.75, 3.05) is 0 Å². The molecule has 1 aliphatic rings. The molecule has 0 saturated heterocycles. The van der Waals surface area contributed by atoms with Crippen molar-refractivity contribution in [2.45, 2.75) is 33.2 Å². The van der Waals surface area contributed by atoms with Crippen LogP contribution in [-0.2, 0) is 0 Å². The molecule has 0 aromatic heterocycles. The minimum Gasteiger partial charge on any atom is -0.397 e. The van der Waals surface area contributed by atoms with Crippen molar-refractivity contribution in [3.63, 3.8) is 0 Å². The van der Waals surface area contributed by atoms with Crippen LogP contribution >= 0.6 is 0 Å². The Bertz CT molecular complexity index is 298. The number of nitrogens with two attached hydrogens (primary N) is 2. The zero-order valence-electron chi connectivity index (χ0n) is 9.12. The Hall–Kier alpha value is -1.22. The summed E-state index contributed by atoms with van der Waals surface area (Å²) in [6, 6.07) is 0.249. The van der Waals surface area contributed by atoms with Gasteiger partial charge in [-0.15, -0.1) is 0 Å². The minimum atomic E-state index is 0.249. The van der Waals surface area contributed by atoms with E-state index in [-0.39, 0.29) is 6.04 Å². The quantitative estimate of drug-likeness (QED) is 0.518. The Morgan fingerprint density at radius 2 is 2.07 bits per heavy atom. The van der Waals surface area contributed by atoms with Crippen molar-refractivity contribution in [3.8, 4) is 0 Å². The molecule has 14 heavy (non-hydrogen) atoms. The molecule has 0 atom stereocenters. The van der Waals surface area contributed by atoms with Gasteiger partial charge in [-0.1, -0.05) is 11.6 Å². The van der Waals surface area contributed by atoms with Crippen molar-refractivity contribution in [1.82, 2.24) is 5.01 Å². The van der Waals surface area contributed by atoms with Crippen LogP contribution in [0.25, 0.3) is 0 Å². The molecule has 3 nitrogen and oxygen atoms in total. The SMILES string of the molecule is CC1=CC(N(N)C(C)C)=C(N)C=CC1. The van der Waals surface area contributed by atoms with E-state index in [1.807, 2.05) is 19.9 Å². The van der Waals surface area contributed by atoms with Gasteiger partial charge < -0.3 is 10.7 Å². The van der Waals surface area contributed by atoms with E-state index < -0.39 is 0 Å². The number of rotatable bonds is 2. The van der Waals surface area contributed by atoms with Crippen LogP contribution in [0.3, 0.4) is 0 Å². The van der Waals surface area contributed by atoms with Gasteiger partial charge in [-0.3, -0.25) is 0 Å². The van der Waals surface area contributed by atoms with E-state index in [0.29, 0.717) is 0 Å². The number of hydrogen-bond donors (Lipinski definition) is 2. The molecular formula is C11H19N3. The van der Waals surface area contributed by atoms with Crippen LogP contribution in [-0.4, -0.2) is 11.1 Å². The van der Waals surface area contributed by atoms with Gasteiger partial charge in [-0.25, -0.2) is 5.84 Å². The van der Waals surface area contributed by atoms with Crippen LogP contribution in [0.4, 0.5) is 0 Å². The summed E-state index contributed by atoms with van der Waals surface area (Å²) in [5.41, 5.74) is 8.82. The van der Waals surface area contributed by atoms with Gasteiger partial charge in [-0.2, -0.15) is 0 Å². The second kappa shape index (κ2) is 4.33. The van der Waals surface area contributed by atoms with E-state index in [4.69, 9.17) is 11.6 Å². The van der Waals surface area contributed by atoms with Gasteiger partial charge in [-0.05, 0) is 39.3 Å². The molecule has 0 spiro atoms. The zero-order valence-corrected chi connectivity index (χ0v) is 9.12. The number of allylic oxidation sites excluding steroid dienone is 4. The molecule has 0 aromatic rings. The van der Waals surface area contributed by atoms with E-state index in [0.717, 1.165) is 17.8 Å². The van der Waals surface area contributed by atoms with Crippen molar-refractivity contribution < 1.29 is 0 Å². The molecule has 1 rings (SSSR count). The van der Waals surface area contributed by atoms with Gasteiger partial charge in [0, 0.05) is 6.04 Å². The van der Waals surface area contributed by atoms with Crippen molar-refractivity contribution >= 4 is 0 Å². The predicted molar refractivity (Wildman–Crippen MR) is 59.9 cm³/mol. The number of hydrogen-bond acceptors (Lipinski definition) is 3. The molecule has 0 radical (unpaired) electrons. The van der Waals surface area contributed by atoms with E-state index in [2.05, 4.69) is 19.1 Å². The molecule has 0 unspecified atom stereocenters. The summed E-state index contributed by atoms with van der Waals surface area (Å²) in [5, 5.41) is 1.70. The van der Waals surface area contributed by atoms with Crippen LogP contribution in [0, 0.1) is 0 Å². The summed E-state index contributed by atoms with van der Waals surface area (Å²) in [6.07, 6.45) is 6.97. The fourth-order valence-electron chi connectivity index (χ4n) is 1.33. The molecule has 78 valence electrons. The summed E-state index contributed by atoms with van der Waals surface area (Å²) < 4.78 is 0. The maximum atomic E-state index is 5.93. The Morgan fingerprint density at radius 1 is 1.43 bits per heavy atom. The first kappa shape index (κ1) is 10.9. The van der Waals surface area contributed by atoms with Crippen LogP contribution in [0.15, 0.2) is 35.2 Å². The monoisotopic (exact) mass is 193 g/mol. The van der Waals surface area contributed by atoms with Crippen molar-refractivity contribution in [2.24, 2.45) is 11.6 Å². The van der Waals surface area contributed by atoms with Gasteiger partial charge in [0.05, 0.1) is 11.4 Å². The lowest BCUT2D eigenvalue weighted by Gasteiger charge is -2.25. The maximum Gasteiger partial charge on any atom is 0.0749 e. The smallest absolute Gasteiger partial charge is 0.0749 e. The molecular weight excluding hydrogens is 174 g/mol. The maximum absolute atomic E-state index is 5.93. The average Bonchev–Trinajstić information content (AvgIpc) is 2.27. The molecule has 3 heteroatoms. The van der Waals surface area contributed by atoms with Crippen molar-refractivity contribution in [3.05, 3.63) is 35.2 Å². The zero-order chi connectivity index (χ0) is 10.7. The highest BCUT2D eigenvalue weighted by Crippen LogP contribution is 2.17. The van der Waals surface area contributed by atoms with Crippen molar-refractivity contribution in [1.29, 1.82) is 0 Å². The lowest BCUT2D eigenvalue weighted by atomic mass is 10.2. The summed E-state index contributed by atoms with van der Waals surface area (Å²) in [5.74, 6) is 5.93.